The van der Waals surface area contributed by atoms with Crippen LogP contribution in [0.2, 0.25) is 0 Å². The number of carbonyl (C=O) groups is 1. The Kier molecular flexibility index (Phi) is 4.39. The number of ether oxygens (including phenoxy) is 1. The minimum Gasteiger partial charge on any atom is -0.426 e. The molecule has 0 aliphatic heterocycles. The second-order valence-corrected chi connectivity index (χ2v) is 4.59. The van der Waals surface area contributed by atoms with E-state index in [-0.39, 0.29) is 5.41 Å². The summed E-state index contributed by atoms with van der Waals surface area (Å²) in [5, 5.41) is 8.12. The molecule has 0 amide bonds. The van der Waals surface area contributed by atoms with Crippen molar-refractivity contribution in [3.05, 3.63) is 0 Å². The first-order chi connectivity index (χ1) is 6.27. The predicted molar refractivity (Wildman–Crippen MR) is 53.0 cm³/mol. The zero-order valence-electron chi connectivity index (χ0n) is 9.59. The van der Waals surface area contributed by atoms with Crippen molar-refractivity contribution in [3.8, 4) is 0 Å². The lowest BCUT2D eigenvalue weighted by molar-refractivity contribution is -0.219. The van der Waals surface area contributed by atoms with Crippen molar-refractivity contribution < 1.29 is 19.7 Å². The lowest BCUT2D eigenvalue weighted by atomic mass is 9.74. The van der Waals surface area contributed by atoms with E-state index in [1.54, 1.807) is 13.8 Å². The molecular formula is C10H20O4. The van der Waals surface area contributed by atoms with Gasteiger partial charge in [0.15, 0.2) is 0 Å². The SMILES string of the molecule is CCCC(C)(C)C(C)(C)OC(=O)OO. The van der Waals surface area contributed by atoms with Gasteiger partial charge in [0.1, 0.15) is 5.60 Å². The molecule has 0 atom stereocenters. The molecule has 0 aliphatic carbocycles. The third-order valence-electron chi connectivity index (χ3n) is 2.92. The van der Waals surface area contributed by atoms with Crippen LogP contribution < -0.4 is 0 Å². The smallest absolute Gasteiger partial charge is 0.426 e. The molecular weight excluding hydrogens is 184 g/mol. The monoisotopic (exact) mass is 204 g/mol. The fraction of sp³-hybridized carbons (Fsp3) is 0.900. The first-order valence-corrected chi connectivity index (χ1v) is 4.81. The van der Waals surface area contributed by atoms with Gasteiger partial charge in [-0.3, -0.25) is 4.89 Å². The maximum Gasteiger partial charge on any atom is 0.540 e. The summed E-state index contributed by atoms with van der Waals surface area (Å²) in [7, 11) is 0. The molecule has 0 unspecified atom stereocenters. The van der Waals surface area contributed by atoms with E-state index in [1.165, 1.54) is 0 Å². The van der Waals surface area contributed by atoms with Gasteiger partial charge in [0.2, 0.25) is 0 Å². The van der Waals surface area contributed by atoms with Crippen molar-refractivity contribution in [3.63, 3.8) is 0 Å². The van der Waals surface area contributed by atoms with Crippen LogP contribution in [0.1, 0.15) is 47.5 Å². The summed E-state index contributed by atoms with van der Waals surface area (Å²) in [6.07, 6.45) is 0.881. The third-order valence-corrected chi connectivity index (χ3v) is 2.92. The molecule has 4 heteroatoms. The molecule has 0 aliphatic rings. The van der Waals surface area contributed by atoms with E-state index >= 15 is 0 Å². The maximum atomic E-state index is 10.8. The predicted octanol–water partition coefficient (Wildman–Crippen LogP) is 3.22. The van der Waals surface area contributed by atoms with Crippen LogP contribution in [0.15, 0.2) is 0 Å². The number of carbonyl (C=O) groups excluding carboxylic acids is 1. The summed E-state index contributed by atoms with van der Waals surface area (Å²) < 4.78 is 4.99. The quantitative estimate of drug-likeness (QED) is 0.434. The maximum absolute atomic E-state index is 10.8. The van der Waals surface area contributed by atoms with Gasteiger partial charge in [0.05, 0.1) is 0 Å². The number of hydrogen-bond donors (Lipinski definition) is 1. The van der Waals surface area contributed by atoms with Gasteiger partial charge in [-0.15, -0.1) is 0 Å². The van der Waals surface area contributed by atoms with Gasteiger partial charge < -0.3 is 4.74 Å². The molecule has 0 radical (unpaired) electrons. The Morgan fingerprint density at radius 2 is 1.79 bits per heavy atom. The van der Waals surface area contributed by atoms with Crippen molar-refractivity contribution in [1.82, 2.24) is 0 Å². The molecule has 0 rings (SSSR count). The third kappa shape index (κ3) is 3.18. The highest BCUT2D eigenvalue weighted by atomic mass is 17.1. The minimum atomic E-state index is -1.06. The van der Waals surface area contributed by atoms with Gasteiger partial charge in [-0.2, -0.15) is 5.26 Å². The summed E-state index contributed by atoms with van der Waals surface area (Å²) in [6.45, 7) is 9.71. The molecule has 0 spiro atoms. The van der Waals surface area contributed by atoms with E-state index in [4.69, 9.17) is 9.99 Å². The molecule has 0 aromatic heterocycles. The largest absolute Gasteiger partial charge is 0.540 e. The van der Waals surface area contributed by atoms with Crippen LogP contribution in [0, 0.1) is 5.41 Å². The Morgan fingerprint density at radius 3 is 2.14 bits per heavy atom. The van der Waals surface area contributed by atoms with Gasteiger partial charge in [0.25, 0.3) is 0 Å². The highest BCUT2D eigenvalue weighted by Gasteiger charge is 2.40. The highest BCUT2D eigenvalue weighted by molar-refractivity contribution is 5.59. The zero-order valence-corrected chi connectivity index (χ0v) is 9.59. The van der Waals surface area contributed by atoms with E-state index < -0.39 is 11.8 Å². The summed E-state index contributed by atoms with van der Waals surface area (Å²) in [5.41, 5.74) is -0.821. The molecule has 0 saturated heterocycles. The van der Waals surface area contributed by atoms with E-state index in [0.29, 0.717) is 0 Å². The highest BCUT2D eigenvalue weighted by Crippen LogP contribution is 2.38. The van der Waals surface area contributed by atoms with Crippen LogP contribution in [-0.2, 0) is 9.62 Å². The average Bonchev–Trinajstić information content (AvgIpc) is 2.03. The molecule has 0 aromatic carbocycles. The number of rotatable bonds is 4. The van der Waals surface area contributed by atoms with Gasteiger partial charge in [-0.1, -0.05) is 27.2 Å². The minimum absolute atomic E-state index is 0.157. The van der Waals surface area contributed by atoms with Gasteiger partial charge in [-0.05, 0) is 20.3 Å². The molecule has 4 nitrogen and oxygen atoms in total. The first kappa shape index (κ1) is 13.2. The van der Waals surface area contributed by atoms with E-state index in [0.717, 1.165) is 12.8 Å². The molecule has 0 bridgehead atoms. The van der Waals surface area contributed by atoms with Gasteiger partial charge in [-0.25, -0.2) is 4.79 Å². The Bertz CT molecular complexity index is 196. The van der Waals surface area contributed by atoms with Gasteiger partial charge in [0, 0.05) is 5.41 Å². The van der Waals surface area contributed by atoms with Crippen LogP contribution in [0.25, 0.3) is 0 Å². The summed E-state index contributed by atoms with van der Waals surface area (Å²) >= 11 is 0. The van der Waals surface area contributed by atoms with Crippen LogP contribution in [0.4, 0.5) is 4.79 Å². The summed E-state index contributed by atoms with van der Waals surface area (Å²) in [5.74, 6) is 0. The topological polar surface area (TPSA) is 55.8 Å². The van der Waals surface area contributed by atoms with Crippen molar-refractivity contribution >= 4 is 6.16 Å². The fourth-order valence-electron chi connectivity index (χ4n) is 1.29. The van der Waals surface area contributed by atoms with Crippen molar-refractivity contribution in [2.24, 2.45) is 5.41 Å². The lowest BCUT2D eigenvalue weighted by Gasteiger charge is -2.40. The van der Waals surface area contributed by atoms with Gasteiger partial charge >= 0.3 is 6.16 Å². The Morgan fingerprint density at radius 1 is 1.29 bits per heavy atom. The lowest BCUT2D eigenvalue weighted by Crippen LogP contribution is -2.43. The van der Waals surface area contributed by atoms with Crippen molar-refractivity contribution in [1.29, 1.82) is 0 Å². The second kappa shape index (κ2) is 4.64. The van der Waals surface area contributed by atoms with Crippen LogP contribution in [0.3, 0.4) is 0 Å². The van der Waals surface area contributed by atoms with Crippen molar-refractivity contribution in [2.45, 2.75) is 53.1 Å². The van der Waals surface area contributed by atoms with Crippen molar-refractivity contribution in [2.75, 3.05) is 0 Å². The van der Waals surface area contributed by atoms with E-state index in [2.05, 4.69) is 11.8 Å². The second-order valence-electron chi connectivity index (χ2n) is 4.59. The normalized spacial score (nSPS) is 12.4. The summed E-state index contributed by atoms with van der Waals surface area (Å²) in [4.78, 5) is 14.3. The molecule has 14 heavy (non-hydrogen) atoms. The molecule has 84 valence electrons. The Labute approximate surface area is 85.1 Å². The first-order valence-electron chi connectivity index (χ1n) is 4.81. The number of hydrogen-bond acceptors (Lipinski definition) is 4. The Balaban J connectivity index is 4.50. The molecule has 0 aromatic rings. The molecule has 0 fully saturated rings. The van der Waals surface area contributed by atoms with Crippen LogP contribution >= 0.6 is 0 Å². The standard InChI is InChI=1S/C10H20O4/c1-6-7-9(2,3)10(4,5)13-8(11)14-12/h12H,6-7H2,1-5H3. The van der Waals surface area contributed by atoms with Crippen LogP contribution in [0.5, 0.6) is 0 Å². The average molecular weight is 204 g/mol. The van der Waals surface area contributed by atoms with Crippen LogP contribution in [-0.4, -0.2) is 17.0 Å². The van der Waals surface area contributed by atoms with E-state index in [9.17, 15) is 4.79 Å². The molecule has 1 N–H and O–H groups in total. The zero-order chi connectivity index (χ0) is 11.4. The van der Waals surface area contributed by atoms with E-state index in [1.807, 2.05) is 13.8 Å². The molecule has 0 heterocycles. The summed E-state index contributed by atoms with van der Waals surface area (Å²) in [6, 6.07) is 0. The molecule has 0 saturated carbocycles. The fourth-order valence-corrected chi connectivity index (χ4v) is 1.29. The Hall–Kier alpha value is -0.770.